The third-order valence-electron chi connectivity index (χ3n) is 5.07. The molecule has 6 nitrogen and oxygen atoms in total. The Kier molecular flexibility index (Phi) is 6.88. The number of hydrogen-bond donors (Lipinski definition) is 2. The second-order valence-corrected chi connectivity index (χ2v) is 8.49. The summed E-state index contributed by atoms with van der Waals surface area (Å²) < 4.78 is 28.4. The fourth-order valence-electron chi connectivity index (χ4n) is 3.41. The van der Waals surface area contributed by atoms with E-state index >= 15 is 0 Å². The number of amides is 1. The minimum absolute atomic E-state index is 0.195. The van der Waals surface area contributed by atoms with Crippen molar-refractivity contribution in [2.24, 2.45) is 5.92 Å². The van der Waals surface area contributed by atoms with E-state index in [0.29, 0.717) is 16.9 Å². The van der Waals surface area contributed by atoms with Crippen LogP contribution >= 0.6 is 11.8 Å². The summed E-state index contributed by atoms with van der Waals surface area (Å²) in [6.07, 6.45) is 8.21. The Bertz CT molecular complexity index is 823. The van der Waals surface area contributed by atoms with Gasteiger partial charge in [0.1, 0.15) is 11.6 Å². The largest absolute Gasteiger partial charge is 0.336 e. The number of nitrogen functional groups attached to an aromatic ring is 1. The van der Waals surface area contributed by atoms with Gasteiger partial charge in [0.2, 0.25) is 11.1 Å². The van der Waals surface area contributed by atoms with E-state index in [1.807, 2.05) is 0 Å². The molecule has 0 aliphatic heterocycles. The van der Waals surface area contributed by atoms with Gasteiger partial charge in [-0.2, -0.15) is 0 Å². The second kappa shape index (κ2) is 9.36. The summed E-state index contributed by atoms with van der Waals surface area (Å²) in [6.45, 7) is 1.65. The van der Waals surface area contributed by atoms with Crippen LogP contribution in [0.4, 0.5) is 14.5 Å². The molecule has 3 N–H and O–H groups in total. The predicted molar refractivity (Wildman–Crippen MR) is 105 cm³/mol. The van der Waals surface area contributed by atoms with E-state index in [0.717, 1.165) is 42.8 Å². The molecule has 0 saturated heterocycles. The van der Waals surface area contributed by atoms with Gasteiger partial charge in [-0.3, -0.25) is 4.79 Å². The quantitative estimate of drug-likeness (QED) is 0.535. The molecular weight excluding hydrogens is 384 g/mol. The molecule has 0 bridgehead atoms. The van der Waals surface area contributed by atoms with Crippen molar-refractivity contribution in [2.45, 2.75) is 62.3 Å². The van der Waals surface area contributed by atoms with E-state index < -0.39 is 22.8 Å². The molecule has 1 aliphatic carbocycles. The molecule has 1 aliphatic rings. The maximum absolute atomic E-state index is 13.7. The van der Waals surface area contributed by atoms with Crippen molar-refractivity contribution in [2.75, 3.05) is 11.2 Å². The molecule has 152 valence electrons. The predicted octanol–water partition coefficient (Wildman–Crippen LogP) is 3.90. The third-order valence-corrected chi connectivity index (χ3v) is 6.13. The van der Waals surface area contributed by atoms with Gasteiger partial charge in [0.25, 0.3) is 0 Å². The van der Waals surface area contributed by atoms with E-state index in [2.05, 4.69) is 15.5 Å². The zero-order valence-electron chi connectivity index (χ0n) is 15.8. The molecule has 2 aromatic rings. The van der Waals surface area contributed by atoms with Crippen molar-refractivity contribution >= 4 is 23.4 Å². The van der Waals surface area contributed by atoms with E-state index in [9.17, 15) is 13.6 Å². The number of thioether (sulfide) groups is 1. The minimum Gasteiger partial charge on any atom is -0.336 e. The average molecular weight is 410 g/mol. The zero-order chi connectivity index (χ0) is 20.1. The lowest BCUT2D eigenvalue weighted by atomic mass is 9.86. The van der Waals surface area contributed by atoms with Gasteiger partial charge < -0.3 is 11.2 Å². The van der Waals surface area contributed by atoms with Crippen LogP contribution in [-0.4, -0.2) is 26.0 Å². The number of hydrogen-bond acceptors (Lipinski definition) is 5. The second-order valence-electron chi connectivity index (χ2n) is 7.19. The highest BCUT2D eigenvalue weighted by Crippen LogP contribution is 2.28. The van der Waals surface area contributed by atoms with Gasteiger partial charge in [-0.1, -0.05) is 43.9 Å². The summed E-state index contributed by atoms with van der Waals surface area (Å²) in [5, 5.41) is 10.4. The van der Waals surface area contributed by atoms with Crippen molar-refractivity contribution in [1.29, 1.82) is 0 Å². The molecule has 1 saturated carbocycles. The smallest absolute Gasteiger partial charge is 0.237 e. The highest BCUT2D eigenvalue weighted by Gasteiger charge is 2.21. The highest BCUT2D eigenvalue weighted by molar-refractivity contribution is 8.00. The monoisotopic (exact) mass is 409 g/mol. The van der Waals surface area contributed by atoms with Crippen molar-refractivity contribution in [1.82, 2.24) is 14.9 Å². The summed E-state index contributed by atoms with van der Waals surface area (Å²) >= 11 is 1.13. The van der Waals surface area contributed by atoms with Gasteiger partial charge in [-0.15, -0.1) is 10.2 Å². The van der Waals surface area contributed by atoms with Crippen molar-refractivity contribution < 1.29 is 13.6 Å². The fourth-order valence-corrected chi connectivity index (χ4v) is 4.20. The van der Waals surface area contributed by atoms with Crippen molar-refractivity contribution in [3.8, 4) is 0 Å². The molecule has 1 heterocycles. The number of anilines is 1. The lowest BCUT2D eigenvalue weighted by Crippen LogP contribution is -2.24. The van der Waals surface area contributed by atoms with E-state index in [1.54, 1.807) is 6.92 Å². The Morgan fingerprint density at radius 2 is 2.07 bits per heavy atom. The van der Waals surface area contributed by atoms with Crippen LogP contribution in [0.2, 0.25) is 0 Å². The summed E-state index contributed by atoms with van der Waals surface area (Å²) in [7, 11) is 0. The third kappa shape index (κ3) is 5.21. The number of nitrogens with zero attached hydrogens (tertiary/aromatic N) is 3. The van der Waals surface area contributed by atoms with Crippen LogP contribution in [0, 0.1) is 17.6 Å². The van der Waals surface area contributed by atoms with Crippen molar-refractivity contribution in [3.05, 3.63) is 35.7 Å². The van der Waals surface area contributed by atoms with Crippen LogP contribution in [0.1, 0.15) is 51.3 Å². The molecule has 1 aromatic carbocycles. The minimum atomic E-state index is -0.695. The summed E-state index contributed by atoms with van der Waals surface area (Å²) in [4.78, 5) is 12.3. The van der Waals surface area contributed by atoms with Crippen LogP contribution in [0.5, 0.6) is 0 Å². The van der Waals surface area contributed by atoms with Crippen LogP contribution in [0.25, 0.3) is 0 Å². The van der Waals surface area contributed by atoms with Crippen LogP contribution in [-0.2, 0) is 11.2 Å². The number of aryl methyl sites for hydroxylation is 1. The summed E-state index contributed by atoms with van der Waals surface area (Å²) in [5.74, 6) is 5.71. The van der Waals surface area contributed by atoms with Gasteiger partial charge in [-0.25, -0.2) is 13.5 Å². The Balaban J connectivity index is 1.56. The van der Waals surface area contributed by atoms with Crippen molar-refractivity contribution in [3.63, 3.8) is 0 Å². The molecule has 0 unspecified atom stereocenters. The fraction of sp³-hybridized carbons (Fsp3) is 0.526. The molecule has 1 fully saturated rings. The molecule has 1 amide bonds. The first-order valence-corrected chi connectivity index (χ1v) is 10.4. The van der Waals surface area contributed by atoms with E-state index in [1.165, 1.54) is 36.8 Å². The Morgan fingerprint density at radius 3 is 2.82 bits per heavy atom. The first-order valence-electron chi connectivity index (χ1n) is 9.56. The van der Waals surface area contributed by atoms with Gasteiger partial charge in [0.05, 0.1) is 10.9 Å². The zero-order valence-corrected chi connectivity index (χ0v) is 16.6. The molecule has 1 aromatic heterocycles. The average Bonchev–Trinajstić information content (AvgIpc) is 3.03. The van der Waals surface area contributed by atoms with E-state index in [-0.39, 0.29) is 5.69 Å². The molecule has 1 atom stereocenters. The number of nitrogens with one attached hydrogen (secondary N) is 1. The maximum atomic E-state index is 13.7. The summed E-state index contributed by atoms with van der Waals surface area (Å²) in [6, 6.07) is 2.91. The molecule has 3 rings (SSSR count). The van der Waals surface area contributed by atoms with Crippen LogP contribution in [0.3, 0.4) is 0 Å². The lowest BCUT2D eigenvalue weighted by molar-refractivity contribution is -0.115. The normalized spacial score (nSPS) is 16.1. The lowest BCUT2D eigenvalue weighted by Gasteiger charge is -2.20. The molecule has 28 heavy (non-hydrogen) atoms. The topological polar surface area (TPSA) is 85.8 Å². The molecule has 0 spiro atoms. The Morgan fingerprint density at radius 1 is 1.32 bits per heavy atom. The standard InChI is InChI=1S/C19H25F2N5OS/c1-12(18(27)23-16-11-14(20)8-9-15(16)21)28-19-25-24-17(26(19)22)10-7-13-5-3-2-4-6-13/h8-9,11-13H,2-7,10,22H2,1H3,(H,23,27)/t12-/m0/s1. The molecule has 9 heteroatoms. The Hall–Kier alpha value is -2.16. The maximum Gasteiger partial charge on any atom is 0.237 e. The van der Waals surface area contributed by atoms with Gasteiger partial charge in [-0.05, 0) is 31.4 Å². The number of aromatic nitrogens is 3. The number of rotatable bonds is 7. The van der Waals surface area contributed by atoms with Gasteiger partial charge in [0, 0.05) is 12.5 Å². The Labute approximate surface area is 167 Å². The number of carbonyl (C=O) groups excluding carboxylic acids is 1. The first kappa shape index (κ1) is 20.6. The first-order chi connectivity index (χ1) is 13.4. The highest BCUT2D eigenvalue weighted by atomic mass is 32.2. The number of nitrogens with two attached hydrogens (primary N) is 1. The number of halogens is 2. The van der Waals surface area contributed by atoms with Crippen LogP contribution < -0.4 is 11.2 Å². The van der Waals surface area contributed by atoms with Gasteiger partial charge in [0.15, 0.2) is 5.82 Å². The number of carbonyl (C=O) groups is 1. The molecular formula is C19H25F2N5OS. The SMILES string of the molecule is C[C@H](Sc1nnc(CCC2CCCCC2)n1N)C(=O)Nc1cc(F)ccc1F. The summed E-state index contributed by atoms with van der Waals surface area (Å²) in [5.41, 5.74) is -0.195. The van der Waals surface area contributed by atoms with Gasteiger partial charge >= 0.3 is 0 Å². The van der Waals surface area contributed by atoms with E-state index in [4.69, 9.17) is 5.84 Å². The molecule has 0 radical (unpaired) electrons. The number of benzene rings is 1. The van der Waals surface area contributed by atoms with Crippen LogP contribution in [0.15, 0.2) is 23.4 Å².